The van der Waals surface area contributed by atoms with Crippen LogP contribution >= 0.6 is 0 Å². The van der Waals surface area contributed by atoms with Crippen molar-refractivity contribution in [2.75, 3.05) is 17.7 Å². The number of halogens is 1. The average Bonchev–Trinajstić information content (AvgIpc) is 3.22. The van der Waals surface area contributed by atoms with Crippen molar-refractivity contribution < 1.29 is 9.50 Å². The fourth-order valence-electron chi connectivity index (χ4n) is 3.72. The van der Waals surface area contributed by atoms with Crippen LogP contribution in [0.5, 0.6) is 0 Å². The van der Waals surface area contributed by atoms with Gasteiger partial charge in [-0.2, -0.15) is 9.61 Å². The van der Waals surface area contributed by atoms with Gasteiger partial charge in [0.1, 0.15) is 35.2 Å². The topological polar surface area (TPSA) is 121 Å². The molecular formula is C22H23FN8O2. The van der Waals surface area contributed by atoms with Gasteiger partial charge in [-0.3, -0.25) is 14.7 Å². The highest BCUT2D eigenvalue weighted by Crippen LogP contribution is 2.26. The standard InChI is InChI=1S/C22H23FN8O2/c1-24-19-10-17(29-20-15(12-26-31(19)20)21(32)27-14-4-2-5-14)28-16-6-3-9-30(22(16)33)18-8-7-13(23)11-25-18/h3,6-12,14,21,24,27,32H,2,4-5H2,1H3,(H,28,29). The van der Waals surface area contributed by atoms with Crippen molar-refractivity contribution in [3.63, 3.8) is 0 Å². The third kappa shape index (κ3) is 4.03. The summed E-state index contributed by atoms with van der Waals surface area (Å²) in [6.45, 7) is 0. The van der Waals surface area contributed by atoms with Crippen molar-refractivity contribution >= 4 is 23.0 Å². The van der Waals surface area contributed by atoms with Gasteiger partial charge >= 0.3 is 0 Å². The van der Waals surface area contributed by atoms with E-state index in [0.29, 0.717) is 28.7 Å². The Balaban J connectivity index is 1.50. The molecule has 0 aliphatic heterocycles. The molecule has 5 rings (SSSR count). The molecule has 0 radical (unpaired) electrons. The number of nitrogens with zero attached hydrogens (tertiary/aromatic N) is 5. The van der Waals surface area contributed by atoms with Crippen LogP contribution in [0.25, 0.3) is 11.5 Å². The summed E-state index contributed by atoms with van der Waals surface area (Å²) in [5, 5.41) is 24.3. The van der Waals surface area contributed by atoms with Crippen LogP contribution in [0, 0.1) is 5.82 Å². The zero-order valence-electron chi connectivity index (χ0n) is 17.9. The molecule has 0 spiro atoms. The molecule has 0 aromatic carbocycles. The number of hydrogen-bond acceptors (Lipinski definition) is 8. The van der Waals surface area contributed by atoms with E-state index in [-0.39, 0.29) is 17.3 Å². The molecule has 4 heterocycles. The maximum absolute atomic E-state index is 13.2. The molecule has 170 valence electrons. The number of pyridine rings is 2. The Morgan fingerprint density at radius 1 is 1.24 bits per heavy atom. The maximum Gasteiger partial charge on any atom is 0.279 e. The second-order valence-electron chi connectivity index (χ2n) is 7.87. The van der Waals surface area contributed by atoms with E-state index in [9.17, 15) is 14.3 Å². The molecule has 0 amide bonds. The molecule has 4 aromatic rings. The Hall–Kier alpha value is -3.83. The van der Waals surface area contributed by atoms with E-state index in [2.05, 4.69) is 31.0 Å². The lowest BCUT2D eigenvalue weighted by Gasteiger charge is -2.28. The molecule has 33 heavy (non-hydrogen) atoms. The normalized spacial score (nSPS) is 14.8. The average molecular weight is 450 g/mol. The number of rotatable bonds is 7. The lowest BCUT2D eigenvalue weighted by atomic mass is 9.93. The first-order valence-electron chi connectivity index (χ1n) is 10.6. The predicted octanol–water partition coefficient (Wildman–Crippen LogP) is 2.33. The number of fused-ring (bicyclic) bond motifs is 1. The summed E-state index contributed by atoms with van der Waals surface area (Å²) in [5.74, 6) is 0.837. The Morgan fingerprint density at radius 2 is 2.09 bits per heavy atom. The highest BCUT2D eigenvalue weighted by atomic mass is 19.1. The second kappa shape index (κ2) is 8.60. The van der Waals surface area contributed by atoms with Crippen LogP contribution in [0.1, 0.15) is 31.1 Å². The number of anilines is 3. The summed E-state index contributed by atoms with van der Waals surface area (Å²) < 4.78 is 16.1. The van der Waals surface area contributed by atoms with E-state index in [1.165, 1.54) is 16.7 Å². The van der Waals surface area contributed by atoms with Crippen LogP contribution in [0.15, 0.2) is 53.7 Å². The van der Waals surface area contributed by atoms with Gasteiger partial charge in [-0.05, 0) is 37.1 Å². The largest absolute Gasteiger partial charge is 0.374 e. The summed E-state index contributed by atoms with van der Waals surface area (Å²) in [6.07, 6.45) is 6.50. The monoisotopic (exact) mass is 450 g/mol. The number of aromatic nitrogens is 5. The summed E-state index contributed by atoms with van der Waals surface area (Å²) in [6, 6.07) is 7.97. The molecule has 1 aliphatic rings. The number of nitrogens with one attached hydrogen (secondary N) is 3. The van der Waals surface area contributed by atoms with E-state index < -0.39 is 12.0 Å². The summed E-state index contributed by atoms with van der Waals surface area (Å²) >= 11 is 0. The third-order valence-corrected chi connectivity index (χ3v) is 5.72. The molecule has 10 nitrogen and oxygen atoms in total. The zero-order valence-corrected chi connectivity index (χ0v) is 17.9. The molecule has 1 aliphatic carbocycles. The van der Waals surface area contributed by atoms with E-state index in [4.69, 9.17) is 0 Å². The Morgan fingerprint density at radius 3 is 2.79 bits per heavy atom. The van der Waals surface area contributed by atoms with Gasteiger partial charge in [0.25, 0.3) is 5.56 Å². The van der Waals surface area contributed by atoms with Gasteiger partial charge in [0, 0.05) is 25.4 Å². The number of hydrogen-bond donors (Lipinski definition) is 4. The van der Waals surface area contributed by atoms with Gasteiger partial charge in [-0.1, -0.05) is 6.42 Å². The van der Waals surface area contributed by atoms with Crippen molar-refractivity contribution in [2.45, 2.75) is 31.5 Å². The number of aliphatic hydroxyl groups is 1. The third-order valence-electron chi connectivity index (χ3n) is 5.72. The number of aliphatic hydroxyl groups excluding tert-OH is 1. The molecule has 1 saturated carbocycles. The van der Waals surface area contributed by atoms with Crippen LogP contribution < -0.4 is 21.5 Å². The zero-order chi connectivity index (χ0) is 22.9. The summed E-state index contributed by atoms with van der Waals surface area (Å²) in [4.78, 5) is 21.6. The Labute approximate surface area is 188 Å². The fourth-order valence-corrected chi connectivity index (χ4v) is 3.72. The molecular weight excluding hydrogens is 427 g/mol. The van der Waals surface area contributed by atoms with Crippen molar-refractivity contribution in [1.82, 2.24) is 29.5 Å². The second-order valence-corrected chi connectivity index (χ2v) is 7.87. The van der Waals surface area contributed by atoms with Crippen LogP contribution in [0.4, 0.5) is 21.7 Å². The summed E-state index contributed by atoms with van der Waals surface area (Å²) in [7, 11) is 1.75. The SMILES string of the molecule is CNc1cc(Nc2cccn(-c3ccc(F)cn3)c2=O)nc2c(C(O)NC3CCC3)cnn12. The molecule has 0 bridgehead atoms. The van der Waals surface area contributed by atoms with Crippen LogP contribution in [0.3, 0.4) is 0 Å². The van der Waals surface area contributed by atoms with Crippen LogP contribution in [-0.4, -0.2) is 42.3 Å². The van der Waals surface area contributed by atoms with Gasteiger partial charge < -0.3 is 15.7 Å². The minimum Gasteiger partial charge on any atom is -0.374 e. The Bertz CT molecular complexity index is 1350. The van der Waals surface area contributed by atoms with Gasteiger partial charge in [0.15, 0.2) is 5.65 Å². The first-order valence-corrected chi connectivity index (χ1v) is 10.6. The van der Waals surface area contributed by atoms with Gasteiger partial charge in [0.2, 0.25) is 0 Å². The molecule has 1 atom stereocenters. The quantitative estimate of drug-likeness (QED) is 0.317. The minimum absolute atomic E-state index is 0.261. The molecule has 0 saturated heterocycles. The van der Waals surface area contributed by atoms with Gasteiger partial charge in [0.05, 0.1) is 18.0 Å². The lowest BCUT2D eigenvalue weighted by Crippen LogP contribution is -2.37. The first-order chi connectivity index (χ1) is 16.0. The molecule has 1 fully saturated rings. The van der Waals surface area contributed by atoms with E-state index >= 15 is 0 Å². The molecule has 4 aromatic heterocycles. The highest BCUT2D eigenvalue weighted by molar-refractivity contribution is 5.65. The van der Waals surface area contributed by atoms with Crippen molar-refractivity contribution in [1.29, 1.82) is 0 Å². The molecule has 1 unspecified atom stereocenters. The first kappa shape index (κ1) is 21.0. The van der Waals surface area contributed by atoms with Gasteiger partial charge in [-0.25, -0.2) is 14.4 Å². The Kier molecular flexibility index (Phi) is 5.48. The highest BCUT2D eigenvalue weighted by Gasteiger charge is 2.24. The molecule has 11 heteroatoms. The van der Waals surface area contributed by atoms with Crippen LogP contribution in [0.2, 0.25) is 0 Å². The van der Waals surface area contributed by atoms with Crippen LogP contribution in [-0.2, 0) is 0 Å². The van der Waals surface area contributed by atoms with E-state index in [0.717, 1.165) is 25.5 Å². The van der Waals surface area contributed by atoms with Gasteiger partial charge in [-0.15, -0.1) is 0 Å². The van der Waals surface area contributed by atoms with Crippen molar-refractivity contribution in [3.8, 4) is 5.82 Å². The smallest absolute Gasteiger partial charge is 0.279 e. The maximum atomic E-state index is 13.2. The molecule has 4 N–H and O–H groups in total. The predicted molar refractivity (Wildman–Crippen MR) is 121 cm³/mol. The lowest BCUT2D eigenvalue weighted by molar-refractivity contribution is 0.106. The van der Waals surface area contributed by atoms with Crippen molar-refractivity contribution in [2.24, 2.45) is 0 Å². The van der Waals surface area contributed by atoms with E-state index in [1.54, 1.807) is 42.2 Å². The fraction of sp³-hybridized carbons (Fsp3) is 0.273. The summed E-state index contributed by atoms with van der Waals surface area (Å²) in [5.41, 5.74) is 0.893. The van der Waals surface area contributed by atoms with E-state index in [1.807, 2.05) is 0 Å². The van der Waals surface area contributed by atoms with Crippen molar-refractivity contribution in [3.05, 3.63) is 70.7 Å². The minimum atomic E-state index is -0.904.